The van der Waals surface area contributed by atoms with E-state index in [1.165, 1.54) is 31.4 Å². The fourth-order valence-electron chi connectivity index (χ4n) is 3.27. The third-order valence-electron chi connectivity index (χ3n) is 4.85. The van der Waals surface area contributed by atoms with Gasteiger partial charge in [0.25, 0.3) is 21.8 Å². The number of nitrogens with one attached hydrogen (secondary N) is 2. The minimum Gasteiger partial charge on any atom is -0.496 e. The first-order chi connectivity index (χ1) is 15.2. The maximum atomic E-state index is 13.1. The molecule has 2 aromatic carbocycles. The molecule has 0 aliphatic carbocycles. The lowest BCUT2D eigenvalue weighted by molar-refractivity contribution is 0.0303. The van der Waals surface area contributed by atoms with Gasteiger partial charge in [-0.05, 0) is 44.2 Å². The minimum atomic E-state index is -4.09. The van der Waals surface area contributed by atoms with Crippen LogP contribution in [-0.4, -0.2) is 64.6 Å². The lowest BCUT2D eigenvalue weighted by Gasteiger charge is -2.27. The van der Waals surface area contributed by atoms with Gasteiger partial charge in [-0.3, -0.25) is 14.3 Å². The molecule has 0 saturated carbocycles. The summed E-state index contributed by atoms with van der Waals surface area (Å²) < 4.78 is 39.2. The van der Waals surface area contributed by atoms with E-state index in [1.807, 2.05) is 0 Å². The Labute approximate surface area is 187 Å². The van der Waals surface area contributed by atoms with Gasteiger partial charge in [0.2, 0.25) is 0 Å². The van der Waals surface area contributed by atoms with Crippen LogP contribution in [-0.2, 0) is 14.8 Å². The number of morpholine rings is 1. The highest BCUT2D eigenvalue weighted by molar-refractivity contribution is 7.92. The molecule has 172 valence electrons. The van der Waals surface area contributed by atoms with Crippen molar-refractivity contribution in [2.24, 2.45) is 0 Å². The summed E-state index contributed by atoms with van der Waals surface area (Å²) in [6.45, 7) is 5.35. The maximum Gasteiger partial charge on any atom is 0.261 e. The number of anilines is 1. The van der Waals surface area contributed by atoms with Crippen LogP contribution < -0.4 is 14.8 Å². The molecule has 0 unspecified atom stereocenters. The zero-order valence-electron chi connectivity index (χ0n) is 18.3. The molecule has 10 heteroatoms. The van der Waals surface area contributed by atoms with Crippen LogP contribution >= 0.6 is 0 Å². The molecule has 9 nitrogen and oxygen atoms in total. The number of amides is 2. The highest BCUT2D eigenvalue weighted by atomic mass is 32.2. The largest absolute Gasteiger partial charge is 0.496 e. The Hall–Kier alpha value is -3.11. The highest BCUT2D eigenvalue weighted by Crippen LogP contribution is 2.26. The summed E-state index contributed by atoms with van der Waals surface area (Å²) in [5, 5.41) is 2.73. The number of carbonyl (C=O) groups is 2. The van der Waals surface area contributed by atoms with E-state index in [1.54, 1.807) is 36.9 Å². The standard InChI is InChI=1S/C22H27N3O6S/c1-15(2)23-21(26)18-14-16(8-9-20(18)30-3)32(28,29)24-19-7-5-4-6-17(19)22(27)25-10-12-31-13-11-25/h4-9,14-15,24H,10-13H2,1-3H3,(H,23,26). The first-order valence-electron chi connectivity index (χ1n) is 10.2. The second kappa shape index (κ2) is 10.0. The molecule has 2 amide bonds. The van der Waals surface area contributed by atoms with Crippen molar-refractivity contribution >= 4 is 27.5 Å². The molecule has 1 saturated heterocycles. The summed E-state index contributed by atoms with van der Waals surface area (Å²) in [6.07, 6.45) is 0. The van der Waals surface area contributed by atoms with Crippen molar-refractivity contribution in [3.8, 4) is 5.75 Å². The molecular weight excluding hydrogens is 434 g/mol. The Bertz CT molecular complexity index is 1090. The molecule has 0 spiro atoms. The number of carbonyl (C=O) groups excluding carboxylic acids is 2. The van der Waals surface area contributed by atoms with Crippen LogP contribution in [0.4, 0.5) is 5.69 Å². The van der Waals surface area contributed by atoms with Gasteiger partial charge in [0.05, 0.1) is 42.0 Å². The van der Waals surface area contributed by atoms with E-state index in [-0.39, 0.29) is 39.4 Å². The van der Waals surface area contributed by atoms with Crippen LogP contribution in [0.5, 0.6) is 5.75 Å². The van der Waals surface area contributed by atoms with Gasteiger partial charge in [-0.2, -0.15) is 0 Å². The number of benzene rings is 2. The molecule has 1 aliphatic heterocycles. The molecule has 3 rings (SSSR count). The van der Waals surface area contributed by atoms with Gasteiger partial charge in [-0.15, -0.1) is 0 Å². The van der Waals surface area contributed by atoms with Crippen molar-refractivity contribution in [1.82, 2.24) is 10.2 Å². The summed E-state index contributed by atoms with van der Waals surface area (Å²) in [7, 11) is -2.69. The molecular formula is C22H27N3O6S. The molecule has 0 aromatic heterocycles. The Morgan fingerprint density at radius 1 is 1.06 bits per heavy atom. The minimum absolute atomic E-state index is 0.0988. The van der Waals surface area contributed by atoms with Gasteiger partial charge in [-0.1, -0.05) is 12.1 Å². The van der Waals surface area contributed by atoms with Crippen LogP contribution in [0.25, 0.3) is 0 Å². The monoisotopic (exact) mass is 461 g/mol. The van der Waals surface area contributed by atoms with Crippen molar-refractivity contribution in [1.29, 1.82) is 0 Å². The zero-order chi connectivity index (χ0) is 23.3. The van der Waals surface area contributed by atoms with Crippen molar-refractivity contribution in [2.75, 3.05) is 38.1 Å². The molecule has 32 heavy (non-hydrogen) atoms. The molecule has 1 heterocycles. The molecule has 2 N–H and O–H groups in total. The summed E-state index contributed by atoms with van der Waals surface area (Å²) in [5.41, 5.74) is 0.499. The highest BCUT2D eigenvalue weighted by Gasteiger charge is 2.25. The van der Waals surface area contributed by atoms with E-state index < -0.39 is 15.9 Å². The van der Waals surface area contributed by atoms with Gasteiger partial charge < -0.3 is 19.7 Å². The van der Waals surface area contributed by atoms with Crippen molar-refractivity contribution in [3.63, 3.8) is 0 Å². The second-order valence-electron chi connectivity index (χ2n) is 7.55. The number of rotatable bonds is 7. The van der Waals surface area contributed by atoms with Gasteiger partial charge >= 0.3 is 0 Å². The molecule has 0 atom stereocenters. The predicted octanol–water partition coefficient (Wildman–Crippen LogP) is 2.11. The summed E-state index contributed by atoms with van der Waals surface area (Å²) in [6, 6.07) is 10.3. The number of ether oxygens (including phenoxy) is 2. The Morgan fingerprint density at radius 2 is 1.75 bits per heavy atom. The van der Waals surface area contributed by atoms with E-state index in [2.05, 4.69) is 10.0 Å². The average molecular weight is 462 g/mol. The normalized spacial score (nSPS) is 14.2. The Balaban J connectivity index is 1.92. The van der Waals surface area contributed by atoms with Crippen LogP contribution in [0.3, 0.4) is 0 Å². The molecule has 0 radical (unpaired) electrons. The topological polar surface area (TPSA) is 114 Å². The Morgan fingerprint density at radius 3 is 2.41 bits per heavy atom. The van der Waals surface area contributed by atoms with Crippen LogP contribution in [0, 0.1) is 0 Å². The summed E-state index contributed by atoms with van der Waals surface area (Å²) in [4.78, 5) is 27.0. The van der Waals surface area contributed by atoms with Crippen molar-refractivity contribution in [3.05, 3.63) is 53.6 Å². The van der Waals surface area contributed by atoms with E-state index >= 15 is 0 Å². The number of hydrogen-bond acceptors (Lipinski definition) is 6. The molecule has 0 bridgehead atoms. The predicted molar refractivity (Wildman–Crippen MR) is 120 cm³/mol. The fraction of sp³-hybridized carbons (Fsp3) is 0.364. The number of hydrogen-bond donors (Lipinski definition) is 2. The first kappa shape index (κ1) is 23.6. The number of sulfonamides is 1. The van der Waals surface area contributed by atoms with E-state index in [0.29, 0.717) is 26.3 Å². The van der Waals surface area contributed by atoms with Gasteiger partial charge in [0, 0.05) is 19.1 Å². The lowest BCUT2D eigenvalue weighted by Crippen LogP contribution is -2.41. The van der Waals surface area contributed by atoms with E-state index in [4.69, 9.17) is 9.47 Å². The number of para-hydroxylation sites is 1. The Kier molecular flexibility index (Phi) is 7.37. The van der Waals surface area contributed by atoms with Crippen LogP contribution in [0.1, 0.15) is 34.6 Å². The second-order valence-corrected chi connectivity index (χ2v) is 9.23. The summed E-state index contributed by atoms with van der Waals surface area (Å²) >= 11 is 0. The number of methoxy groups -OCH3 is 1. The van der Waals surface area contributed by atoms with Crippen molar-refractivity contribution in [2.45, 2.75) is 24.8 Å². The van der Waals surface area contributed by atoms with Gasteiger partial charge in [0.1, 0.15) is 5.75 Å². The average Bonchev–Trinajstić information content (AvgIpc) is 2.78. The van der Waals surface area contributed by atoms with Crippen LogP contribution in [0.15, 0.2) is 47.4 Å². The van der Waals surface area contributed by atoms with Crippen LogP contribution in [0.2, 0.25) is 0 Å². The van der Waals surface area contributed by atoms with Crippen molar-refractivity contribution < 1.29 is 27.5 Å². The third kappa shape index (κ3) is 5.38. The van der Waals surface area contributed by atoms with E-state index in [0.717, 1.165) is 0 Å². The lowest BCUT2D eigenvalue weighted by atomic mass is 10.1. The van der Waals surface area contributed by atoms with Gasteiger partial charge in [-0.25, -0.2) is 8.42 Å². The molecule has 1 aliphatic rings. The quantitative estimate of drug-likeness (QED) is 0.653. The zero-order valence-corrected chi connectivity index (χ0v) is 19.1. The molecule has 2 aromatic rings. The van der Waals surface area contributed by atoms with Gasteiger partial charge in [0.15, 0.2) is 0 Å². The fourth-order valence-corrected chi connectivity index (χ4v) is 4.38. The number of nitrogens with zero attached hydrogens (tertiary/aromatic N) is 1. The SMILES string of the molecule is COc1ccc(S(=O)(=O)Nc2ccccc2C(=O)N2CCOCC2)cc1C(=O)NC(C)C. The smallest absolute Gasteiger partial charge is 0.261 e. The van der Waals surface area contributed by atoms with E-state index in [9.17, 15) is 18.0 Å². The summed E-state index contributed by atoms with van der Waals surface area (Å²) in [5.74, 6) is -0.472. The molecule has 1 fully saturated rings. The third-order valence-corrected chi connectivity index (χ3v) is 6.21. The maximum absolute atomic E-state index is 13.1. The first-order valence-corrected chi connectivity index (χ1v) is 11.7.